The van der Waals surface area contributed by atoms with E-state index in [9.17, 15) is 8.42 Å². The Morgan fingerprint density at radius 2 is 1.81 bits per heavy atom. The summed E-state index contributed by atoms with van der Waals surface area (Å²) in [6.07, 6.45) is 1.67. The molecule has 2 aromatic carbocycles. The summed E-state index contributed by atoms with van der Waals surface area (Å²) in [5, 5.41) is 1.56. The summed E-state index contributed by atoms with van der Waals surface area (Å²) in [7, 11) is 1.76. The van der Waals surface area contributed by atoms with Crippen LogP contribution in [0.3, 0.4) is 0 Å². The number of thioether (sulfide) groups is 1. The standard InChI is InChI=1S/C19H21ClN2O3S2/c1-13(21(2)3)26-19-12-22(18-10-5-14(20)11-17(18)19)27(23,24)16-8-6-15(25-4)7-9-16/h5-13H,1-4H3. The number of nitrogens with zero attached hydrogens (tertiary/aromatic N) is 2. The minimum Gasteiger partial charge on any atom is -0.497 e. The summed E-state index contributed by atoms with van der Waals surface area (Å²) >= 11 is 7.76. The Balaban J connectivity index is 2.15. The molecule has 3 rings (SSSR count). The van der Waals surface area contributed by atoms with Gasteiger partial charge in [-0.1, -0.05) is 11.6 Å². The van der Waals surface area contributed by atoms with Crippen molar-refractivity contribution < 1.29 is 13.2 Å². The highest BCUT2D eigenvalue weighted by Gasteiger charge is 2.23. The molecule has 0 bridgehead atoms. The molecule has 1 aromatic heterocycles. The third kappa shape index (κ3) is 3.96. The van der Waals surface area contributed by atoms with E-state index in [1.165, 1.54) is 3.97 Å². The van der Waals surface area contributed by atoms with Crippen LogP contribution >= 0.6 is 23.4 Å². The van der Waals surface area contributed by atoms with Gasteiger partial charge in [-0.3, -0.25) is 4.90 Å². The zero-order valence-electron chi connectivity index (χ0n) is 15.5. The van der Waals surface area contributed by atoms with Crippen LogP contribution in [0.5, 0.6) is 5.75 Å². The smallest absolute Gasteiger partial charge is 0.268 e. The number of halogens is 1. The molecule has 0 radical (unpaired) electrons. The van der Waals surface area contributed by atoms with Crippen molar-refractivity contribution in [1.29, 1.82) is 0 Å². The first-order chi connectivity index (χ1) is 12.7. The topological polar surface area (TPSA) is 51.5 Å². The van der Waals surface area contributed by atoms with Crippen molar-refractivity contribution in [2.75, 3.05) is 21.2 Å². The maximum absolute atomic E-state index is 13.2. The van der Waals surface area contributed by atoms with E-state index in [0.717, 1.165) is 10.3 Å². The van der Waals surface area contributed by atoms with Crippen LogP contribution in [0.25, 0.3) is 10.9 Å². The van der Waals surface area contributed by atoms with Crippen LogP contribution in [0.1, 0.15) is 6.92 Å². The highest BCUT2D eigenvalue weighted by atomic mass is 35.5. The number of hydrogen-bond acceptors (Lipinski definition) is 5. The van der Waals surface area contributed by atoms with Crippen LogP contribution in [-0.2, 0) is 10.0 Å². The molecule has 5 nitrogen and oxygen atoms in total. The molecule has 0 saturated carbocycles. The quantitative estimate of drug-likeness (QED) is 0.429. The van der Waals surface area contributed by atoms with Gasteiger partial charge in [0.15, 0.2) is 0 Å². The zero-order valence-corrected chi connectivity index (χ0v) is 17.9. The first kappa shape index (κ1) is 20.1. The Morgan fingerprint density at radius 3 is 2.41 bits per heavy atom. The first-order valence-corrected chi connectivity index (χ1v) is 11.0. The summed E-state index contributed by atoms with van der Waals surface area (Å²) in [6.45, 7) is 2.07. The number of benzene rings is 2. The van der Waals surface area contributed by atoms with Gasteiger partial charge in [0.1, 0.15) is 5.75 Å². The average molecular weight is 425 g/mol. The minimum atomic E-state index is -3.75. The zero-order chi connectivity index (χ0) is 19.8. The third-order valence-corrected chi connectivity index (χ3v) is 7.60. The van der Waals surface area contributed by atoms with Gasteiger partial charge in [-0.05, 0) is 63.5 Å². The van der Waals surface area contributed by atoms with Crippen LogP contribution in [0.4, 0.5) is 0 Å². The third-order valence-electron chi connectivity index (χ3n) is 4.34. The van der Waals surface area contributed by atoms with Gasteiger partial charge in [0.25, 0.3) is 10.0 Å². The Kier molecular flexibility index (Phi) is 5.76. The van der Waals surface area contributed by atoms with Crippen molar-refractivity contribution in [2.24, 2.45) is 0 Å². The van der Waals surface area contributed by atoms with Crippen molar-refractivity contribution >= 4 is 44.3 Å². The molecule has 3 aromatic rings. The molecule has 0 aliphatic carbocycles. The van der Waals surface area contributed by atoms with E-state index in [1.54, 1.807) is 61.5 Å². The Hall–Kier alpha value is -1.67. The predicted molar refractivity (Wildman–Crippen MR) is 112 cm³/mol. The second kappa shape index (κ2) is 7.75. The lowest BCUT2D eigenvalue weighted by Crippen LogP contribution is -2.20. The minimum absolute atomic E-state index is 0.173. The molecular formula is C19H21ClN2O3S2. The van der Waals surface area contributed by atoms with Crippen LogP contribution in [-0.4, -0.2) is 43.9 Å². The van der Waals surface area contributed by atoms with Crippen molar-refractivity contribution in [1.82, 2.24) is 8.87 Å². The second-order valence-electron chi connectivity index (χ2n) is 6.31. The summed E-state index contributed by atoms with van der Waals surface area (Å²) in [4.78, 5) is 3.13. The van der Waals surface area contributed by atoms with Crippen LogP contribution in [0.15, 0.2) is 58.5 Å². The fraction of sp³-hybridized carbons (Fsp3) is 0.263. The lowest BCUT2D eigenvalue weighted by molar-refractivity contribution is 0.402. The average Bonchev–Trinajstić information content (AvgIpc) is 3.00. The Labute approximate surface area is 168 Å². The highest BCUT2D eigenvalue weighted by Crippen LogP contribution is 2.36. The number of fused-ring (bicyclic) bond motifs is 1. The lowest BCUT2D eigenvalue weighted by atomic mass is 10.2. The molecule has 1 atom stereocenters. The van der Waals surface area contributed by atoms with Crippen LogP contribution in [0, 0.1) is 0 Å². The molecule has 0 amide bonds. The number of aromatic nitrogens is 1. The fourth-order valence-corrected chi connectivity index (χ4v) is 5.23. The van der Waals surface area contributed by atoms with Gasteiger partial charge in [-0.15, -0.1) is 11.8 Å². The largest absolute Gasteiger partial charge is 0.497 e. The molecule has 0 saturated heterocycles. The van der Waals surface area contributed by atoms with Gasteiger partial charge in [-0.2, -0.15) is 0 Å². The molecular weight excluding hydrogens is 404 g/mol. The van der Waals surface area contributed by atoms with Crippen molar-refractivity contribution in [3.63, 3.8) is 0 Å². The van der Waals surface area contributed by atoms with E-state index in [0.29, 0.717) is 16.3 Å². The first-order valence-electron chi connectivity index (χ1n) is 8.27. The number of rotatable bonds is 6. The highest BCUT2D eigenvalue weighted by molar-refractivity contribution is 8.00. The summed E-state index contributed by atoms with van der Waals surface area (Å²) < 4.78 is 32.9. The maximum Gasteiger partial charge on any atom is 0.268 e. The lowest BCUT2D eigenvalue weighted by Gasteiger charge is -2.18. The van der Waals surface area contributed by atoms with Gasteiger partial charge in [0, 0.05) is 21.5 Å². The van der Waals surface area contributed by atoms with Gasteiger partial charge >= 0.3 is 0 Å². The molecule has 8 heteroatoms. The number of ether oxygens (including phenoxy) is 1. The van der Waals surface area contributed by atoms with Gasteiger partial charge in [-0.25, -0.2) is 12.4 Å². The monoisotopic (exact) mass is 424 g/mol. The van der Waals surface area contributed by atoms with Crippen molar-refractivity contribution in [3.05, 3.63) is 53.7 Å². The fourth-order valence-electron chi connectivity index (χ4n) is 2.59. The van der Waals surface area contributed by atoms with Gasteiger partial charge in [0.05, 0.1) is 22.9 Å². The van der Waals surface area contributed by atoms with E-state index >= 15 is 0 Å². The second-order valence-corrected chi connectivity index (χ2v) is 9.92. The van der Waals surface area contributed by atoms with E-state index in [4.69, 9.17) is 16.3 Å². The summed E-state index contributed by atoms with van der Waals surface area (Å²) in [5.74, 6) is 0.606. The summed E-state index contributed by atoms with van der Waals surface area (Å²) in [6, 6.07) is 11.6. The van der Waals surface area contributed by atoms with E-state index in [-0.39, 0.29) is 10.3 Å². The summed E-state index contributed by atoms with van der Waals surface area (Å²) in [5.41, 5.74) is 0.601. The molecule has 27 heavy (non-hydrogen) atoms. The molecule has 144 valence electrons. The number of hydrogen-bond donors (Lipinski definition) is 0. The van der Waals surface area contributed by atoms with E-state index in [1.807, 2.05) is 20.2 Å². The SMILES string of the molecule is COc1ccc(S(=O)(=O)n2cc(SC(C)N(C)C)c3cc(Cl)ccc32)cc1. The Morgan fingerprint density at radius 1 is 1.15 bits per heavy atom. The van der Waals surface area contributed by atoms with Crippen molar-refractivity contribution in [3.8, 4) is 5.75 Å². The maximum atomic E-state index is 13.2. The molecule has 0 spiro atoms. The van der Waals surface area contributed by atoms with Crippen LogP contribution < -0.4 is 4.74 Å². The van der Waals surface area contributed by atoms with E-state index < -0.39 is 10.0 Å². The van der Waals surface area contributed by atoms with Gasteiger partial charge < -0.3 is 4.74 Å². The Bertz CT molecular complexity index is 1060. The van der Waals surface area contributed by atoms with Crippen molar-refractivity contribution in [2.45, 2.75) is 22.1 Å². The molecule has 0 aliphatic heterocycles. The molecule has 0 aliphatic rings. The van der Waals surface area contributed by atoms with Crippen LogP contribution in [0.2, 0.25) is 5.02 Å². The normalized spacial score (nSPS) is 13.3. The molecule has 0 N–H and O–H groups in total. The van der Waals surface area contributed by atoms with Gasteiger partial charge in [0.2, 0.25) is 0 Å². The number of methoxy groups -OCH3 is 1. The predicted octanol–water partition coefficient (Wildman–Crippen LogP) is 4.54. The van der Waals surface area contributed by atoms with E-state index in [2.05, 4.69) is 11.8 Å². The molecule has 1 unspecified atom stereocenters. The molecule has 1 heterocycles. The molecule has 0 fully saturated rings.